The van der Waals surface area contributed by atoms with Crippen LogP contribution in [0.1, 0.15) is 41.3 Å². The molecule has 0 saturated carbocycles. The van der Waals surface area contributed by atoms with E-state index in [4.69, 9.17) is 4.74 Å². The van der Waals surface area contributed by atoms with Gasteiger partial charge in [0.2, 0.25) is 11.8 Å². The number of ketones is 3. The fourth-order valence-corrected chi connectivity index (χ4v) is 7.44. The van der Waals surface area contributed by atoms with Crippen molar-refractivity contribution >= 4 is 40.9 Å². The van der Waals surface area contributed by atoms with Crippen LogP contribution in [0.4, 0.5) is 5.69 Å². The van der Waals surface area contributed by atoms with Gasteiger partial charge < -0.3 is 9.84 Å². The van der Waals surface area contributed by atoms with Crippen molar-refractivity contribution in [3.8, 4) is 11.5 Å². The molecule has 3 aliphatic carbocycles. The van der Waals surface area contributed by atoms with Crippen LogP contribution in [-0.2, 0) is 19.2 Å². The van der Waals surface area contributed by atoms with E-state index in [9.17, 15) is 29.1 Å². The Morgan fingerprint density at radius 3 is 2.36 bits per heavy atom. The van der Waals surface area contributed by atoms with E-state index in [1.807, 2.05) is 24.3 Å². The maximum Gasteiger partial charge on any atom is 0.238 e. The Balaban J connectivity index is 1.23. The van der Waals surface area contributed by atoms with Crippen molar-refractivity contribution in [2.45, 2.75) is 19.8 Å². The second-order valence-corrected chi connectivity index (χ2v) is 12.3. The molecule has 4 atom stereocenters. The topological polar surface area (TPSA) is 118 Å². The van der Waals surface area contributed by atoms with Crippen LogP contribution in [0.15, 0.2) is 113 Å². The minimum atomic E-state index is -0.707. The zero-order valence-electron chi connectivity index (χ0n) is 25.8. The van der Waals surface area contributed by atoms with Gasteiger partial charge in [-0.05, 0) is 73.7 Å². The van der Waals surface area contributed by atoms with E-state index in [1.165, 1.54) is 24.2 Å². The molecule has 1 heterocycles. The van der Waals surface area contributed by atoms with Crippen molar-refractivity contribution in [3.63, 3.8) is 0 Å². The Labute approximate surface area is 271 Å². The lowest BCUT2D eigenvalue weighted by molar-refractivity contribution is -0.123. The lowest BCUT2D eigenvalue weighted by Crippen LogP contribution is -2.40. The van der Waals surface area contributed by atoms with E-state index >= 15 is 0 Å². The molecule has 47 heavy (non-hydrogen) atoms. The number of phenols is 1. The number of carbonyl (C=O) groups excluding carboxylic acids is 5. The van der Waals surface area contributed by atoms with Crippen LogP contribution in [0.3, 0.4) is 0 Å². The molecule has 3 aromatic rings. The average Bonchev–Trinajstić information content (AvgIpc) is 3.35. The maximum absolute atomic E-state index is 14.2. The zero-order chi connectivity index (χ0) is 33.0. The largest absolute Gasteiger partial charge is 0.504 e. The number of ether oxygens (including phenoxy) is 1. The first-order valence-electron chi connectivity index (χ1n) is 15.5. The zero-order valence-corrected chi connectivity index (χ0v) is 25.8. The Bertz CT molecular complexity index is 2000. The van der Waals surface area contributed by atoms with Gasteiger partial charge in [0.1, 0.15) is 0 Å². The Morgan fingerprint density at radius 1 is 0.915 bits per heavy atom. The summed E-state index contributed by atoms with van der Waals surface area (Å²) in [5, 5.41) is 10.0. The Morgan fingerprint density at radius 2 is 1.64 bits per heavy atom. The quantitative estimate of drug-likeness (QED) is 0.159. The predicted octanol–water partition coefficient (Wildman–Crippen LogP) is 5.81. The van der Waals surface area contributed by atoms with Gasteiger partial charge in [0.05, 0.1) is 24.6 Å². The van der Waals surface area contributed by atoms with Gasteiger partial charge >= 0.3 is 0 Å². The predicted molar refractivity (Wildman–Crippen MR) is 175 cm³/mol. The summed E-state index contributed by atoms with van der Waals surface area (Å²) in [7, 11) is 1.46. The monoisotopic (exact) mass is 625 g/mol. The maximum atomic E-state index is 14.2. The normalized spacial score (nSPS) is 23.7. The first kappa shape index (κ1) is 30.0. The van der Waals surface area contributed by atoms with Crippen molar-refractivity contribution in [2.24, 2.45) is 23.7 Å². The third kappa shape index (κ3) is 4.97. The molecular weight excluding hydrogens is 594 g/mol. The van der Waals surface area contributed by atoms with Crippen molar-refractivity contribution in [2.75, 3.05) is 12.0 Å². The third-order valence-electron chi connectivity index (χ3n) is 9.72. The first-order chi connectivity index (χ1) is 22.7. The second kappa shape index (κ2) is 11.6. The molecule has 1 saturated heterocycles. The van der Waals surface area contributed by atoms with Gasteiger partial charge in [-0.3, -0.25) is 28.9 Å². The fourth-order valence-electron chi connectivity index (χ4n) is 7.44. The van der Waals surface area contributed by atoms with Gasteiger partial charge in [-0.1, -0.05) is 60.2 Å². The number of methoxy groups -OCH3 is 1. The molecule has 8 nitrogen and oxygen atoms in total. The number of Topliss-reactive ketones (excluding diaryl/α,β-unsaturated/α-hetero) is 1. The molecular formula is C39H31NO7. The highest BCUT2D eigenvalue weighted by molar-refractivity contribution is 6.25. The standard InChI is InChI=1S/C39H31NO7/c1-21-18-32(42)34-27(14-8-22-9-17-31(41)33(19-22)47-2)26-15-16-28-35(29(26)20-30(34)36(21)43)39(46)40(38(28)45)25-12-10-24(11-13-25)37(44)23-6-4-3-5-7-23/h3-15,17-19,27-29,35,41H,16,20H2,1-2H3/t27-,28-,29+,35-/m0/s1. The van der Waals surface area contributed by atoms with Crippen LogP contribution in [0.5, 0.6) is 11.5 Å². The van der Waals surface area contributed by atoms with E-state index in [2.05, 4.69) is 0 Å². The molecule has 3 aromatic carbocycles. The van der Waals surface area contributed by atoms with Gasteiger partial charge in [0.15, 0.2) is 28.8 Å². The van der Waals surface area contributed by atoms with E-state index in [1.54, 1.807) is 67.6 Å². The van der Waals surface area contributed by atoms with Gasteiger partial charge in [-0.25, -0.2) is 0 Å². The molecule has 4 aliphatic rings. The molecule has 1 aliphatic heterocycles. The van der Waals surface area contributed by atoms with Crippen LogP contribution in [0, 0.1) is 23.7 Å². The summed E-state index contributed by atoms with van der Waals surface area (Å²) in [6, 6.07) is 20.2. The number of hydrogen-bond donors (Lipinski definition) is 1. The molecule has 7 rings (SSSR count). The number of allylic oxidation sites excluding steroid dienone is 7. The minimum absolute atomic E-state index is 0.00604. The van der Waals surface area contributed by atoms with Crippen LogP contribution in [0.25, 0.3) is 6.08 Å². The number of rotatable bonds is 6. The lowest BCUT2D eigenvalue weighted by Gasteiger charge is -2.41. The van der Waals surface area contributed by atoms with Crippen molar-refractivity contribution in [3.05, 3.63) is 130 Å². The summed E-state index contributed by atoms with van der Waals surface area (Å²) in [6.07, 6.45) is 7.49. The number of anilines is 1. The number of aromatic hydroxyl groups is 1. The van der Waals surface area contributed by atoms with Gasteiger partial charge in [-0.15, -0.1) is 0 Å². The molecule has 8 heteroatoms. The van der Waals surface area contributed by atoms with Gasteiger partial charge in [0.25, 0.3) is 0 Å². The fraction of sp³-hybridized carbons (Fsp3) is 0.205. The number of amides is 2. The lowest BCUT2D eigenvalue weighted by atomic mass is 9.60. The molecule has 0 unspecified atom stereocenters. The van der Waals surface area contributed by atoms with Crippen LogP contribution < -0.4 is 9.64 Å². The molecule has 0 radical (unpaired) electrons. The van der Waals surface area contributed by atoms with Crippen LogP contribution in [-0.4, -0.2) is 41.4 Å². The Hall–Kier alpha value is -5.63. The summed E-state index contributed by atoms with van der Waals surface area (Å²) in [6.45, 7) is 1.62. The second-order valence-electron chi connectivity index (χ2n) is 12.3. The van der Waals surface area contributed by atoms with E-state index in [-0.39, 0.29) is 41.3 Å². The summed E-state index contributed by atoms with van der Waals surface area (Å²) >= 11 is 0. The number of imide groups is 1. The van der Waals surface area contributed by atoms with E-state index in [0.717, 1.165) is 5.57 Å². The molecule has 0 bridgehead atoms. The third-order valence-corrected chi connectivity index (χ3v) is 9.72. The highest BCUT2D eigenvalue weighted by Crippen LogP contribution is 2.53. The molecule has 1 N–H and O–H groups in total. The highest BCUT2D eigenvalue weighted by atomic mass is 16.5. The minimum Gasteiger partial charge on any atom is -0.504 e. The Kier molecular flexibility index (Phi) is 7.43. The van der Waals surface area contributed by atoms with Crippen molar-refractivity contribution in [1.82, 2.24) is 0 Å². The molecule has 2 amide bonds. The van der Waals surface area contributed by atoms with Crippen LogP contribution in [0.2, 0.25) is 0 Å². The van der Waals surface area contributed by atoms with E-state index < -0.39 is 23.7 Å². The summed E-state index contributed by atoms with van der Waals surface area (Å²) < 4.78 is 5.24. The summed E-state index contributed by atoms with van der Waals surface area (Å²) in [5.41, 5.74) is 4.06. The van der Waals surface area contributed by atoms with Crippen LogP contribution >= 0.6 is 0 Å². The number of phenolic OH excluding ortho intramolecular Hbond substituents is 1. The first-order valence-corrected chi connectivity index (χ1v) is 15.5. The SMILES string of the molecule is COc1cc(C=C[C@H]2C3=CC[C@@H]4C(=O)N(c5ccc(C(=O)c6ccccc6)cc5)C(=O)[C@@H]4[C@@H]3CC3=C2C(=O)C=C(C)C3=O)ccc1O. The molecule has 0 aromatic heterocycles. The van der Waals surface area contributed by atoms with Gasteiger partial charge in [-0.2, -0.15) is 0 Å². The van der Waals surface area contributed by atoms with Crippen molar-refractivity contribution in [1.29, 1.82) is 0 Å². The van der Waals surface area contributed by atoms with Crippen molar-refractivity contribution < 1.29 is 33.8 Å². The molecule has 234 valence electrons. The smallest absolute Gasteiger partial charge is 0.238 e. The number of hydrogen-bond acceptors (Lipinski definition) is 7. The number of carbonyl (C=O) groups is 5. The summed E-state index contributed by atoms with van der Waals surface area (Å²) in [4.78, 5) is 69.0. The summed E-state index contributed by atoms with van der Waals surface area (Å²) in [5.74, 6) is -3.36. The number of nitrogens with zero attached hydrogens (tertiary/aromatic N) is 1. The molecule has 0 spiro atoms. The van der Waals surface area contributed by atoms with E-state index in [0.29, 0.717) is 51.3 Å². The number of fused-ring (bicyclic) bond motifs is 3. The number of benzene rings is 3. The molecule has 1 fully saturated rings. The van der Waals surface area contributed by atoms with Gasteiger partial charge in [0, 0.05) is 33.8 Å². The highest BCUT2D eigenvalue weighted by Gasteiger charge is 2.56. The average molecular weight is 626 g/mol.